The number of carbonyl (C=O) groups excluding carboxylic acids is 3. The number of aryl methyl sites for hydroxylation is 1. The summed E-state index contributed by atoms with van der Waals surface area (Å²) in [4.78, 5) is 39.1. The van der Waals surface area contributed by atoms with E-state index in [-0.39, 0.29) is 22.9 Å². The fraction of sp³-hybridized carbons (Fsp3) is 0.115. The van der Waals surface area contributed by atoms with Gasteiger partial charge in [0.25, 0.3) is 11.8 Å². The van der Waals surface area contributed by atoms with Crippen LogP contribution in [0.1, 0.15) is 18.1 Å². The van der Waals surface area contributed by atoms with E-state index in [1.165, 1.54) is 32.2 Å². The highest BCUT2D eigenvalue weighted by atomic mass is 19.1. The molecule has 0 bridgehead atoms. The first-order chi connectivity index (χ1) is 16.3. The van der Waals surface area contributed by atoms with Crippen LogP contribution in [0.4, 0.5) is 21.5 Å². The van der Waals surface area contributed by atoms with Crippen molar-refractivity contribution in [2.24, 2.45) is 0 Å². The molecule has 7 nitrogen and oxygen atoms in total. The number of amides is 3. The van der Waals surface area contributed by atoms with Crippen LogP contribution in [0.2, 0.25) is 0 Å². The van der Waals surface area contributed by atoms with Crippen molar-refractivity contribution in [1.29, 1.82) is 0 Å². The van der Waals surface area contributed by atoms with E-state index in [0.717, 1.165) is 10.5 Å². The van der Waals surface area contributed by atoms with Gasteiger partial charge in [0.05, 0.1) is 24.1 Å². The molecule has 1 aliphatic heterocycles. The smallest absolute Gasteiger partial charge is 0.282 e. The van der Waals surface area contributed by atoms with E-state index in [0.29, 0.717) is 22.7 Å². The molecule has 3 aromatic rings. The van der Waals surface area contributed by atoms with E-state index in [2.05, 4.69) is 10.6 Å². The fourth-order valence-electron chi connectivity index (χ4n) is 3.74. The first-order valence-corrected chi connectivity index (χ1v) is 10.5. The van der Waals surface area contributed by atoms with Crippen LogP contribution >= 0.6 is 0 Å². The number of para-hydroxylation sites is 1. The second kappa shape index (κ2) is 9.19. The second-order valence-corrected chi connectivity index (χ2v) is 7.73. The maximum Gasteiger partial charge on any atom is 0.282 e. The molecular weight excluding hydrogens is 437 g/mol. The molecule has 0 saturated carbocycles. The van der Waals surface area contributed by atoms with E-state index < -0.39 is 17.6 Å². The van der Waals surface area contributed by atoms with Crippen LogP contribution in [-0.4, -0.2) is 24.8 Å². The Kier molecular flexibility index (Phi) is 6.14. The Morgan fingerprint density at radius 3 is 2.32 bits per heavy atom. The molecule has 0 atom stereocenters. The largest absolute Gasteiger partial charge is 0.495 e. The van der Waals surface area contributed by atoms with Crippen LogP contribution in [0, 0.1) is 12.7 Å². The topological polar surface area (TPSA) is 87.7 Å². The maximum atomic E-state index is 14.6. The molecule has 1 aliphatic rings. The minimum Gasteiger partial charge on any atom is -0.495 e. The summed E-state index contributed by atoms with van der Waals surface area (Å²) in [6.45, 7) is 3.27. The molecule has 0 spiro atoms. The fourth-order valence-corrected chi connectivity index (χ4v) is 3.74. The van der Waals surface area contributed by atoms with Gasteiger partial charge < -0.3 is 15.4 Å². The number of rotatable bonds is 6. The molecule has 2 N–H and O–H groups in total. The molecule has 172 valence electrons. The number of imide groups is 1. The van der Waals surface area contributed by atoms with E-state index in [9.17, 15) is 18.8 Å². The van der Waals surface area contributed by atoms with Crippen molar-refractivity contribution in [3.8, 4) is 5.75 Å². The van der Waals surface area contributed by atoms with Gasteiger partial charge in [-0.1, -0.05) is 30.3 Å². The van der Waals surface area contributed by atoms with Gasteiger partial charge in [0, 0.05) is 12.6 Å². The van der Waals surface area contributed by atoms with Crippen LogP contribution in [0.25, 0.3) is 5.57 Å². The minimum absolute atomic E-state index is 0.00979. The monoisotopic (exact) mass is 459 g/mol. The minimum atomic E-state index is -0.695. The number of halogens is 1. The number of benzene rings is 3. The van der Waals surface area contributed by atoms with Crippen molar-refractivity contribution >= 4 is 40.4 Å². The lowest BCUT2D eigenvalue weighted by atomic mass is 10.0. The van der Waals surface area contributed by atoms with Gasteiger partial charge >= 0.3 is 0 Å². The van der Waals surface area contributed by atoms with Crippen molar-refractivity contribution in [2.45, 2.75) is 13.8 Å². The van der Waals surface area contributed by atoms with Crippen molar-refractivity contribution in [1.82, 2.24) is 0 Å². The SMILES string of the molecule is COc1ccc(C)cc1NC1=C(c2ccc(NC(C)=O)cc2)C(=O)N(c2ccccc2F)C1=O. The van der Waals surface area contributed by atoms with Crippen molar-refractivity contribution < 1.29 is 23.5 Å². The zero-order chi connectivity index (χ0) is 24.4. The summed E-state index contributed by atoms with van der Waals surface area (Å²) < 4.78 is 20.0. The van der Waals surface area contributed by atoms with Crippen LogP contribution in [0.15, 0.2) is 72.4 Å². The molecule has 0 aliphatic carbocycles. The molecule has 4 rings (SSSR count). The maximum absolute atomic E-state index is 14.6. The Morgan fingerprint density at radius 1 is 0.971 bits per heavy atom. The number of carbonyl (C=O) groups is 3. The summed E-state index contributed by atoms with van der Waals surface area (Å²) >= 11 is 0. The number of nitrogens with zero attached hydrogens (tertiary/aromatic N) is 1. The number of hydrogen-bond acceptors (Lipinski definition) is 5. The predicted molar refractivity (Wildman–Crippen MR) is 128 cm³/mol. The summed E-state index contributed by atoms with van der Waals surface area (Å²) in [5.74, 6) is -1.82. The lowest BCUT2D eigenvalue weighted by Gasteiger charge is -2.16. The van der Waals surface area contributed by atoms with Crippen LogP contribution in [0.5, 0.6) is 5.75 Å². The molecule has 34 heavy (non-hydrogen) atoms. The summed E-state index contributed by atoms with van der Waals surface area (Å²) in [6, 6.07) is 17.5. The number of nitrogens with one attached hydrogen (secondary N) is 2. The Morgan fingerprint density at radius 2 is 1.68 bits per heavy atom. The number of ether oxygens (including phenoxy) is 1. The first kappa shape index (κ1) is 22.7. The molecule has 0 saturated heterocycles. The van der Waals surface area contributed by atoms with E-state index in [1.807, 2.05) is 13.0 Å². The zero-order valence-electron chi connectivity index (χ0n) is 18.8. The lowest BCUT2D eigenvalue weighted by molar-refractivity contribution is -0.120. The quantitative estimate of drug-likeness (QED) is 0.530. The average molecular weight is 459 g/mol. The highest BCUT2D eigenvalue weighted by Gasteiger charge is 2.41. The number of anilines is 3. The Bertz CT molecular complexity index is 1330. The summed E-state index contributed by atoms with van der Waals surface area (Å²) in [7, 11) is 1.50. The van der Waals surface area contributed by atoms with E-state index in [1.54, 1.807) is 42.5 Å². The van der Waals surface area contributed by atoms with Gasteiger partial charge in [-0.2, -0.15) is 0 Å². The number of hydrogen-bond donors (Lipinski definition) is 2. The van der Waals surface area contributed by atoms with Crippen LogP contribution in [0.3, 0.4) is 0 Å². The van der Waals surface area contributed by atoms with Crippen LogP contribution < -0.4 is 20.3 Å². The number of methoxy groups -OCH3 is 1. The molecule has 0 radical (unpaired) electrons. The molecule has 3 aromatic carbocycles. The standard InChI is InChI=1S/C26H22FN3O4/c1-15-8-13-22(34-3)20(14-15)29-24-23(17-9-11-18(12-10-17)28-16(2)31)25(32)30(26(24)33)21-7-5-4-6-19(21)27/h4-14,29H,1-3H3,(H,28,31). The normalized spacial score (nSPS) is 13.4. The highest BCUT2D eigenvalue weighted by molar-refractivity contribution is 6.46. The molecule has 1 heterocycles. The molecule has 3 amide bonds. The predicted octanol–water partition coefficient (Wildman–Crippen LogP) is 4.50. The van der Waals surface area contributed by atoms with Gasteiger partial charge in [-0.25, -0.2) is 9.29 Å². The molecule has 0 unspecified atom stereocenters. The third-order valence-electron chi connectivity index (χ3n) is 5.29. The van der Waals surface area contributed by atoms with Crippen LogP contribution in [-0.2, 0) is 14.4 Å². The molecule has 0 fully saturated rings. The third kappa shape index (κ3) is 4.25. The van der Waals surface area contributed by atoms with Gasteiger partial charge in [0.15, 0.2) is 0 Å². The first-order valence-electron chi connectivity index (χ1n) is 10.5. The summed E-state index contributed by atoms with van der Waals surface area (Å²) in [6.07, 6.45) is 0. The van der Waals surface area contributed by atoms with E-state index in [4.69, 9.17) is 4.74 Å². The zero-order valence-corrected chi connectivity index (χ0v) is 18.8. The molecular formula is C26H22FN3O4. The third-order valence-corrected chi connectivity index (χ3v) is 5.29. The van der Waals surface area contributed by atoms with Crippen molar-refractivity contribution in [2.75, 3.05) is 22.6 Å². The summed E-state index contributed by atoms with van der Waals surface area (Å²) in [5, 5.41) is 5.70. The average Bonchev–Trinajstić information content (AvgIpc) is 3.04. The summed E-state index contributed by atoms with van der Waals surface area (Å²) in [5.41, 5.74) is 2.29. The van der Waals surface area contributed by atoms with Gasteiger partial charge in [-0.15, -0.1) is 0 Å². The Balaban J connectivity index is 1.84. The van der Waals surface area contributed by atoms with Crippen molar-refractivity contribution in [3.05, 3.63) is 89.4 Å². The van der Waals surface area contributed by atoms with Gasteiger partial charge in [0.2, 0.25) is 5.91 Å². The van der Waals surface area contributed by atoms with Gasteiger partial charge in [-0.3, -0.25) is 14.4 Å². The van der Waals surface area contributed by atoms with E-state index >= 15 is 0 Å². The highest BCUT2D eigenvalue weighted by Crippen LogP contribution is 2.37. The lowest BCUT2D eigenvalue weighted by Crippen LogP contribution is -2.33. The van der Waals surface area contributed by atoms with Crippen molar-refractivity contribution in [3.63, 3.8) is 0 Å². The molecule has 8 heteroatoms. The molecule has 0 aromatic heterocycles. The Hall–Kier alpha value is -4.46. The van der Waals surface area contributed by atoms with Gasteiger partial charge in [0.1, 0.15) is 17.3 Å². The van der Waals surface area contributed by atoms with Gasteiger partial charge in [-0.05, 0) is 54.4 Å². The Labute approximate surface area is 195 Å². The second-order valence-electron chi connectivity index (χ2n) is 7.73.